The maximum atomic E-state index is 11.0. The quantitative estimate of drug-likeness (QED) is 0.896. The minimum Gasteiger partial charge on any atom is -0.476 e. The van der Waals surface area contributed by atoms with Gasteiger partial charge in [0.05, 0.1) is 0 Å². The highest BCUT2D eigenvalue weighted by Crippen LogP contribution is 2.38. The Morgan fingerprint density at radius 1 is 1.42 bits per heavy atom. The molecular formula is C13H21N3O2S. The zero-order chi connectivity index (χ0) is 14.2. The van der Waals surface area contributed by atoms with Gasteiger partial charge in [0.15, 0.2) is 10.8 Å². The van der Waals surface area contributed by atoms with Crippen molar-refractivity contribution in [3.8, 4) is 0 Å². The van der Waals surface area contributed by atoms with Gasteiger partial charge in [-0.1, -0.05) is 0 Å². The number of aromatic nitrogens is 1. The van der Waals surface area contributed by atoms with Crippen molar-refractivity contribution in [2.24, 2.45) is 0 Å². The van der Waals surface area contributed by atoms with Crippen molar-refractivity contribution in [3.63, 3.8) is 0 Å². The summed E-state index contributed by atoms with van der Waals surface area (Å²) < 4.78 is 0. The SMILES string of the molecule is Cc1sc(N(C)CC2(N(C)C)CCC2)nc1C(=O)O. The monoisotopic (exact) mass is 283 g/mol. The van der Waals surface area contributed by atoms with Crippen LogP contribution in [0.1, 0.15) is 34.6 Å². The standard InChI is InChI=1S/C13H21N3O2S/c1-9-10(11(17)18)14-12(19-9)16(4)8-13(15(2)3)6-5-7-13/h5-8H2,1-4H3,(H,17,18). The molecule has 1 aromatic heterocycles. The Morgan fingerprint density at radius 3 is 2.42 bits per heavy atom. The molecule has 1 aliphatic carbocycles. The highest BCUT2D eigenvalue weighted by atomic mass is 32.1. The Hall–Kier alpha value is -1.14. The second-order valence-corrected chi connectivity index (χ2v) is 6.72. The summed E-state index contributed by atoms with van der Waals surface area (Å²) in [6.07, 6.45) is 3.66. The summed E-state index contributed by atoms with van der Waals surface area (Å²) in [4.78, 5) is 20.4. The number of nitrogens with zero attached hydrogens (tertiary/aromatic N) is 3. The zero-order valence-electron chi connectivity index (χ0n) is 11.9. The summed E-state index contributed by atoms with van der Waals surface area (Å²) in [5.74, 6) is -0.945. The van der Waals surface area contributed by atoms with E-state index in [0.29, 0.717) is 0 Å². The second-order valence-electron chi connectivity index (χ2n) is 5.53. The molecular weight excluding hydrogens is 262 g/mol. The average molecular weight is 283 g/mol. The number of anilines is 1. The molecule has 6 heteroatoms. The third-order valence-corrected chi connectivity index (χ3v) is 5.16. The molecule has 1 aliphatic rings. The van der Waals surface area contributed by atoms with Crippen molar-refractivity contribution >= 4 is 22.4 Å². The lowest BCUT2D eigenvalue weighted by Crippen LogP contribution is -2.56. The van der Waals surface area contributed by atoms with Gasteiger partial charge in [0.2, 0.25) is 0 Å². The van der Waals surface area contributed by atoms with Crippen LogP contribution in [-0.2, 0) is 0 Å². The van der Waals surface area contributed by atoms with E-state index in [-0.39, 0.29) is 11.2 Å². The maximum Gasteiger partial charge on any atom is 0.355 e. The van der Waals surface area contributed by atoms with E-state index >= 15 is 0 Å². The van der Waals surface area contributed by atoms with E-state index in [0.717, 1.165) is 16.6 Å². The molecule has 0 atom stereocenters. The van der Waals surface area contributed by atoms with Gasteiger partial charge in [-0.2, -0.15) is 0 Å². The van der Waals surface area contributed by atoms with Gasteiger partial charge in [0.1, 0.15) is 0 Å². The minimum absolute atomic E-state index is 0.180. The number of carbonyl (C=O) groups is 1. The Kier molecular flexibility index (Phi) is 3.82. The van der Waals surface area contributed by atoms with Crippen LogP contribution in [0, 0.1) is 6.92 Å². The van der Waals surface area contributed by atoms with Crippen molar-refractivity contribution in [1.82, 2.24) is 9.88 Å². The molecule has 1 saturated carbocycles. The van der Waals surface area contributed by atoms with E-state index in [9.17, 15) is 4.79 Å². The number of hydrogen-bond donors (Lipinski definition) is 1. The van der Waals surface area contributed by atoms with Crippen molar-refractivity contribution in [3.05, 3.63) is 10.6 Å². The predicted molar refractivity (Wildman–Crippen MR) is 77.3 cm³/mol. The van der Waals surface area contributed by atoms with Gasteiger partial charge in [-0.05, 0) is 40.3 Å². The number of carboxylic acids is 1. The molecule has 0 spiro atoms. The fourth-order valence-electron chi connectivity index (χ4n) is 2.58. The van der Waals surface area contributed by atoms with Crippen LogP contribution in [0.2, 0.25) is 0 Å². The number of carboxylic acid groups (broad SMARTS) is 1. The molecule has 1 aromatic rings. The summed E-state index contributed by atoms with van der Waals surface area (Å²) in [5.41, 5.74) is 0.400. The molecule has 0 amide bonds. The van der Waals surface area contributed by atoms with Gasteiger partial charge in [-0.25, -0.2) is 9.78 Å². The van der Waals surface area contributed by atoms with Crippen molar-refractivity contribution in [2.45, 2.75) is 31.7 Å². The molecule has 1 N–H and O–H groups in total. The normalized spacial score (nSPS) is 17.3. The lowest BCUT2D eigenvalue weighted by atomic mass is 9.75. The molecule has 19 heavy (non-hydrogen) atoms. The summed E-state index contributed by atoms with van der Waals surface area (Å²) in [6, 6.07) is 0. The first-order valence-corrected chi connectivity index (χ1v) is 7.27. The Labute approximate surface area is 117 Å². The van der Waals surface area contributed by atoms with Crippen LogP contribution in [0.25, 0.3) is 0 Å². The summed E-state index contributed by atoms with van der Waals surface area (Å²) in [6.45, 7) is 2.70. The highest BCUT2D eigenvalue weighted by Gasteiger charge is 2.40. The van der Waals surface area contributed by atoms with Crippen LogP contribution < -0.4 is 4.90 Å². The van der Waals surface area contributed by atoms with Gasteiger partial charge in [0, 0.05) is 24.0 Å². The molecule has 0 radical (unpaired) electrons. The van der Waals surface area contributed by atoms with Gasteiger partial charge < -0.3 is 14.9 Å². The largest absolute Gasteiger partial charge is 0.476 e. The van der Waals surface area contributed by atoms with Gasteiger partial charge in [-0.15, -0.1) is 11.3 Å². The molecule has 0 aliphatic heterocycles. The molecule has 5 nitrogen and oxygen atoms in total. The molecule has 106 valence electrons. The molecule has 2 rings (SSSR count). The molecule has 1 fully saturated rings. The highest BCUT2D eigenvalue weighted by molar-refractivity contribution is 7.15. The first-order chi connectivity index (χ1) is 8.85. The fourth-order valence-corrected chi connectivity index (χ4v) is 3.45. The van der Waals surface area contributed by atoms with E-state index in [2.05, 4.69) is 28.9 Å². The van der Waals surface area contributed by atoms with E-state index in [1.54, 1.807) is 0 Å². The Balaban J connectivity index is 2.14. The van der Waals surface area contributed by atoms with Gasteiger partial charge in [0.25, 0.3) is 0 Å². The molecule has 1 heterocycles. The summed E-state index contributed by atoms with van der Waals surface area (Å²) in [7, 11) is 6.22. The summed E-state index contributed by atoms with van der Waals surface area (Å²) in [5, 5.41) is 9.85. The average Bonchev–Trinajstić information content (AvgIpc) is 2.65. The first kappa shape index (κ1) is 14.3. The lowest BCUT2D eigenvalue weighted by molar-refractivity contribution is 0.0681. The molecule has 0 bridgehead atoms. The van der Waals surface area contributed by atoms with E-state index < -0.39 is 5.97 Å². The zero-order valence-corrected chi connectivity index (χ0v) is 12.8. The van der Waals surface area contributed by atoms with E-state index in [1.807, 2.05) is 14.0 Å². The number of aromatic carboxylic acids is 1. The van der Waals surface area contributed by atoms with Crippen molar-refractivity contribution in [2.75, 3.05) is 32.6 Å². The topological polar surface area (TPSA) is 56.7 Å². The van der Waals surface area contributed by atoms with Crippen LogP contribution in [0.5, 0.6) is 0 Å². The Morgan fingerprint density at radius 2 is 2.05 bits per heavy atom. The molecule has 0 unspecified atom stereocenters. The van der Waals surface area contributed by atoms with Crippen molar-refractivity contribution in [1.29, 1.82) is 0 Å². The molecule has 0 aromatic carbocycles. The molecule has 0 saturated heterocycles. The number of thiazole rings is 1. The minimum atomic E-state index is -0.945. The van der Waals surface area contributed by atoms with Crippen LogP contribution >= 0.6 is 11.3 Å². The fraction of sp³-hybridized carbons (Fsp3) is 0.692. The van der Waals surface area contributed by atoms with Gasteiger partial charge >= 0.3 is 5.97 Å². The second kappa shape index (κ2) is 5.09. The number of rotatable bonds is 5. The summed E-state index contributed by atoms with van der Waals surface area (Å²) >= 11 is 1.45. The number of likely N-dealkylation sites (N-methyl/N-ethyl adjacent to an activating group) is 2. The van der Waals surface area contributed by atoms with Crippen LogP contribution in [0.4, 0.5) is 5.13 Å². The van der Waals surface area contributed by atoms with Gasteiger partial charge in [-0.3, -0.25) is 0 Å². The lowest BCUT2D eigenvalue weighted by Gasteiger charge is -2.49. The third kappa shape index (κ3) is 2.60. The maximum absolute atomic E-state index is 11.0. The van der Waals surface area contributed by atoms with Crippen molar-refractivity contribution < 1.29 is 9.90 Å². The first-order valence-electron chi connectivity index (χ1n) is 6.45. The smallest absolute Gasteiger partial charge is 0.355 e. The van der Waals surface area contributed by atoms with E-state index in [4.69, 9.17) is 5.11 Å². The van der Waals surface area contributed by atoms with E-state index in [1.165, 1.54) is 30.6 Å². The predicted octanol–water partition coefficient (Wildman–Crippen LogP) is 2.07. The van der Waals surface area contributed by atoms with Crippen LogP contribution in [0.15, 0.2) is 0 Å². The number of hydrogen-bond acceptors (Lipinski definition) is 5. The van der Waals surface area contributed by atoms with Crippen LogP contribution in [0.3, 0.4) is 0 Å². The Bertz CT molecular complexity index is 480. The third-order valence-electron chi connectivity index (χ3n) is 4.08. The van der Waals surface area contributed by atoms with Crippen LogP contribution in [-0.4, -0.2) is 54.2 Å². The number of aryl methyl sites for hydroxylation is 1.